The van der Waals surface area contributed by atoms with Gasteiger partial charge in [-0.15, -0.1) is 0 Å². The van der Waals surface area contributed by atoms with Gasteiger partial charge in [0.25, 0.3) is 0 Å². The van der Waals surface area contributed by atoms with Crippen LogP contribution in [0.2, 0.25) is 0 Å². The topological polar surface area (TPSA) is 80.5 Å². The first-order chi connectivity index (χ1) is 13.9. The van der Waals surface area contributed by atoms with Gasteiger partial charge in [-0.2, -0.15) is 0 Å². The Kier molecular flexibility index (Phi) is 4.53. The van der Waals surface area contributed by atoms with Crippen molar-refractivity contribution >= 4 is 17.4 Å². The molecule has 6 heteroatoms. The minimum Gasteiger partial charge on any atom is -0.378 e. The maximum atomic E-state index is 12.2. The van der Waals surface area contributed by atoms with E-state index in [0.29, 0.717) is 17.9 Å². The normalized spacial score (nSPS) is 38.3. The van der Waals surface area contributed by atoms with Gasteiger partial charge in [0.15, 0.2) is 0 Å². The van der Waals surface area contributed by atoms with E-state index in [4.69, 9.17) is 15.5 Å². The highest BCUT2D eigenvalue weighted by Crippen LogP contribution is 2.63. The average molecular weight is 399 g/mol. The molecule has 5 atom stereocenters. The van der Waals surface area contributed by atoms with Gasteiger partial charge in [-0.05, 0) is 75.8 Å². The van der Waals surface area contributed by atoms with Crippen LogP contribution in [0.5, 0.6) is 0 Å². The summed E-state index contributed by atoms with van der Waals surface area (Å²) < 4.78 is 5.80. The van der Waals surface area contributed by atoms with Gasteiger partial charge in [-0.1, -0.05) is 6.92 Å². The van der Waals surface area contributed by atoms with Crippen molar-refractivity contribution < 1.29 is 9.53 Å². The molecule has 6 nitrogen and oxygen atoms in total. The Morgan fingerprint density at radius 3 is 2.97 bits per heavy atom. The fraction of sp³-hybridized carbons (Fsp3) is 0.739. The molecule has 158 valence electrons. The number of rotatable bonds is 5. The number of nitrogens with zero attached hydrogens (tertiary/aromatic N) is 2. The van der Waals surface area contributed by atoms with E-state index >= 15 is 0 Å². The molecule has 1 aromatic heterocycles. The number of ether oxygens (including phenoxy) is 1. The van der Waals surface area contributed by atoms with Gasteiger partial charge in [0.05, 0.1) is 24.1 Å². The summed E-state index contributed by atoms with van der Waals surface area (Å²) in [5.41, 5.74) is 7.91. The number of amides is 1. The predicted molar refractivity (Wildman–Crippen MR) is 114 cm³/mol. The fourth-order valence-electron chi connectivity index (χ4n) is 6.75. The third kappa shape index (κ3) is 3.11. The first-order valence-electron chi connectivity index (χ1n) is 11.4. The molecule has 0 aromatic carbocycles. The average Bonchev–Trinajstić information content (AvgIpc) is 2.89. The van der Waals surface area contributed by atoms with Crippen molar-refractivity contribution in [2.45, 2.75) is 70.4 Å². The predicted octanol–water partition coefficient (Wildman–Crippen LogP) is 3.24. The first-order valence-corrected chi connectivity index (χ1v) is 11.4. The van der Waals surface area contributed by atoms with Crippen molar-refractivity contribution in [2.24, 2.45) is 23.0 Å². The van der Waals surface area contributed by atoms with Crippen LogP contribution in [0.1, 0.15) is 57.6 Å². The Balaban J connectivity index is 1.35. The molecule has 3 aliphatic carbocycles. The van der Waals surface area contributed by atoms with Crippen molar-refractivity contribution in [2.75, 3.05) is 29.9 Å². The van der Waals surface area contributed by atoms with Crippen LogP contribution in [-0.2, 0) is 9.53 Å². The molecule has 1 aliphatic heterocycles. The molecule has 3 N–H and O–H groups in total. The van der Waals surface area contributed by atoms with Crippen molar-refractivity contribution in [3.05, 3.63) is 17.8 Å². The van der Waals surface area contributed by atoms with Gasteiger partial charge >= 0.3 is 0 Å². The Morgan fingerprint density at radius 2 is 2.21 bits per heavy atom. The fourth-order valence-corrected chi connectivity index (χ4v) is 6.75. The van der Waals surface area contributed by atoms with E-state index < -0.39 is 0 Å². The lowest BCUT2D eigenvalue weighted by Gasteiger charge is -2.48. The molecule has 5 rings (SSSR count). The number of hydrogen-bond donors (Lipinski definition) is 2. The summed E-state index contributed by atoms with van der Waals surface area (Å²) in [7, 11) is 0. The smallest absolute Gasteiger partial charge is 0.223 e. The summed E-state index contributed by atoms with van der Waals surface area (Å²) in [6.45, 7) is 6.87. The number of carbonyl (C=O) groups is 1. The summed E-state index contributed by atoms with van der Waals surface area (Å²) in [6.07, 6.45) is 7.66. The van der Waals surface area contributed by atoms with Crippen LogP contribution in [0.4, 0.5) is 11.5 Å². The zero-order chi connectivity index (χ0) is 20.2. The monoisotopic (exact) mass is 398 g/mol. The van der Waals surface area contributed by atoms with Crippen LogP contribution >= 0.6 is 0 Å². The maximum Gasteiger partial charge on any atom is 0.223 e. The van der Waals surface area contributed by atoms with Crippen LogP contribution in [0.15, 0.2) is 12.1 Å². The number of anilines is 2. The second kappa shape index (κ2) is 6.86. The SMILES string of the molecule is CCC1CN(c2ccc(NC34CCC5(C(N)=O)CC(CC3C5)C4)c(C)n2)CCO1. The Labute approximate surface area is 173 Å². The number of morpholine rings is 1. The quantitative estimate of drug-likeness (QED) is 0.796. The van der Waals surface area contributed by atoms with Crippen LogP contribution in [-0.4, -0.2) is 42.2 Å². The molecular formula is C23H34N4O2. The summed E-state index contributed by atoms with van der Waals surface area (Å²) >= 11 is 0. The number of aromatic nitrogens is 1. The third-order valence-electron chi connectivity index (χ3n) is 8.31. The highest BCUT2D eigenvalue weighted by molar-refractivity contribution is 5.81. The summed E-state index contributed by atoms with van der Waals surface area (Å²) in [4.78, 5) is 19.5. The lowest BCUT2D eigenvalue weighted by atomic mass is 9.59. The molecule has 0 spiro atoms. The molecule has 1 amide bonds. The van der Waals surface area contributed by atoms with Crippen LogP contribution < -0.4 is 16.0 Å². The van der Waals surface area contributed by atoms with Crippen molar-refractivity contribution in [1.29, 1.82) is 0 Å². The molecule has 2 heterocycles. The molecule has 1 saturated heterocycles. The van der Waals surface area contributed by atoms with Gasteiger partial charge in [0, 0.05) is 24.0 Å². The molecule has 5 unspecified atom stereocenters. The van der Waals surface area contributed by atoms with E-state index in [0.717, 1.165) is 75.4 Å². The lowest BCUT2D eigenvalue weighted by Crippen LogP contribution is -2.52. The number of fused-ring (bicyclic) bond motifs is 2. The molecule has 0 radical (unpaired) electrons. The number of carbonyl (C=O) groups excluding carboxylic acids is 1. The van der Waals surface area contributed by atoms with Gasteiger partial charge in [-0.3, -0.25) is 4.79 Å². The molecular weight excluding hydrogens is 364 g/mol. The Bertz CT molecular complexity index is 814. The highest BCUT2D eigenvalue weighted by atomic mass is 16.5. The van der Waals surface area contributed by atoms with E-state index in [1.54, 1.807) is 0 Å². The minimum absolute atomic E-state index is 0.0687. The largest absolute Gasteiger partial charge is 0.378 e. The summed E-state index contributed by atoms with van der Waals surface area (Å²) in [6, 6.07) is 4.36. The van der Waals surface area contributed by atoms with E-state index in [2.05, 4.69) is 36.2 Å². The highest BCUT2D eigenvalue weighted by Gasteiger charge is 2.61. The zero-order valence-corrected chi connectivity index (χ0v) is 17.7. The van der Waals surface area contributed by atoms with E-state index in [1.165, 1.54) is 6.42 Å². The number of nitrogens with one attached hydrogen (secondary N) is 1. The van der Waals surface area contributed by atoms with Gasteiger partial charge < -0.3 is 20.7 Å². The second-order valence-corrected chi connectivity index (χ2v) is 9.99. The summed E-state index contributed by atoms with van der Waals surface area (Å²) in [5.74, 6) is 2.16. The van der Waals surface area contributed by atoms with Crippen LogP contribution in [0, 0.1) is 24.2 Å². The van der Waals surface area contributed by atoms with Crippen molar-refractivity contribution in [1.82, 2.24) is 4.98 Å². The molecule has 3 bridgehead atoms. The van der Waals surface area contributed by atoms with Gasteiger partial charge in [-0.25, -0.2) is 4.98 Å². The number of aryl methyl sites for hydroxylation is 1. The molecule has 4 fully saturated rings. The number of primary amides is 1. The van der Waals surface area contributed by atoms with Gasteiger partial charge in [0.2, 0.25) is 5.91 Å². The first kappa shape index (κ1) is 19.2. The number of pyridine rings is 1. The van der Waals surface area contributed by atoms with Crippen molar-refractivity contribution in [3.63, 3.8) is 0 Å². The molecule has 3 saturated carbocycles. The molecule has 29 heavy (non-hydrogen) atoms. The minimum atomic E-state index is -0.238. The van der Waals surface area contributed by atoms with Crippen LogP contribution in [0.25, 0.3) is 0 Å². The van der Waals surface area contributed by atoms with Gasteiger partial charge in [0.1, 0.15) is 5.82 Å². The van der Waals surface area contributed by atoms with Crippen LogP contribution in [0.3, 0.4) is 0 Å². The number of hydrogen-bond acceptors (Lipinski definition) is 5. The van der Waals surface area contributed by atoms with E-state index in [-0.39, 0.29) is 16.9 Å². The van der Waals surface area contributed by atoms with E-state index in [9.17, 15) is 4.79 Å². The maximum absolute atomic E-state index is 12.2. The summed E-state index contributed by atoms with van der Waals surface area (Å²) in [5, 5.41) is 3.93. The number of nitrogens with two attached hydrogens (primary N) is 1. The molecule has 1 aromatic rings. The van der Waals surface area contributed by atoms with E-state index in [1.807, 2.05) is 0 Å². The second-order valence-electron chi connectivity index (χ2n) is 9.99. The Hall–Kier alpha value is -1.82. The van der Waals surface area contributed by atoms with Crippen molar-refractivity contribution in [3.8, 4) is 0 Å². The Morgan fingerprint density at radius 1 is 1.34 bits per heavy atom. The standard InChI is InChI=1S/C23H34N4O2/c1-3-18-14-27(8-9-29-18)20-5-4-19(15(2)25-20)26-23-7-6-22(21(24)28)11-16(12-23)10-17(23)13-22/h4-5,16-18,26H,3,6-14H2,1-2H3,(H2,24,28). The molecule has 4 aliphatic rings. The third-order valence-corrected chi connectivity index (χ3v) is 8.31. The lowest BCUT2D eigenvalue weighted by molar-refractivity contribution is -0.133. The zero-order valence-electron chi connectivity index (χ0n) is 17.7.